The van der Waals surface area contributed by atoms with E-state index in [1.54, 1.807) is 18.2 Å². The predicted molar refractivity (Wildman–Crippen MR) is 122 cm³/mol. The Balaban J connectivity index is 1.79. The Hall–Kier alpha value is -2.70. The zero-order valence-electron chi connectivity index (χ0n) is 15.2. The van der Waals surface area contributed by atoms with E-state index >= 15 is 0 Å². The van der Waals surface area contributed by atoms with Crippen LogP contribution in [0, 0.1) is 11.3 Å². The van der Waals surface area contributed by atoms with Gasteiger partial charge in [0.2, 0.25) is 0 Å². The predicted octanol–water partition coefficient (Wildman–Crippen LogP) is 7.71. The maximum atomic E-state index is 9.70. The van der Waals surface area contributed by atoms with Crippen molar-refractivity contribution in [3.8, 4) is 6.07 Å². The number of benzene rings is 3. The Kier molecular flexibility index (Phi) is 5.65. The average molecular weight is 438 g/mol. The second kappa shape index (κ2) is 8.35. The van der Waals surface area contributed by atoms with Crippen LogP contribution in [0.15, 0.2) is 72.9 Å². The quantitative estimate of drug-likeness (QED) is 0.300. The number of nitriles is 1. The van der Waals surface area contributed by atoms with Crippen LogP contribution in [0.1, 0.15) is 16.7 Å². The number of aromatic nitrogens is 1. The van der Waals surface area contributed by atoms with E-state index in [1.807, 2.05) is 48.7 Å². The van der Waals surface area contributed by atoms with E-state index in [2.05, 4.69) is 22.8 Å². The zero-order valence-corrected chi connectivity index (χ0v) is 17.5. The highest BCUT2D eigenvalue weighted by Crippen LogP contribution is 2.29. The molecule has 0 aliphatic rings. The summed E-state index contributed by atoms with van der Waals surface area (Å²) in [6.45, 7) is 0.604. The van der Waals surface area contributed by atoms with Crippen LogP contribution in [0.2, 0.25) is 15.1 Å². The number of para-hydroxylation sites is 1. The second-order valence-corrected chi connectivity index (χ2v) is 7.92. The van der Waals surface area contributed by atoms with Crippen molar-refractivity contribution in [2.24, 2.45) is 0 Å². The number of allylic oxidation sites excluding steroid dienone is 1. The van der Waals surface area contributed by atoms with Gasteiger partial charge in [-0.25, -0.2) is 0 Å². The molecule has 0 atom stereocenters. The van der Waals surface area contributed by atoms with E-state index < -0.39 is 0 Å². The molecule has 0 bridgehead atoms. The van der Waals surface area contributed by atoms with Crippen molar-refractivity contribution in [3.05, 3.63) is 105 Å². The molecule has 5 heteroatoms. The molecule has 0 amide bonds. The molecule has 4 rings (SSSR count). The SMILES string of the molecule is N#C/C(=C/c1cn(Cc2ccc(Cl)cc2Cl)c2ccccc12)c1ccc(Cl)cc1. The van der Waals surface area contributed by atoms with Crippen LogP contribution in [0.3, 0.4) is 0 Å². The lowest BCUT2D eigenvalue weighted by atomic mass is 10.0. The first-order valence-electron chi connectivity index (χ1n) is 8.94. The Morgan fingerprint density at radius 3 is 2.38 bits per heavy atom. The first-order chi connectivity index (χ1) is 14.0. The molecule has 0 fully saturated rings. The lowest BCUT2D eigenvalue weighted by molar-refractivity contribution is 0.836. The summed E-state index contributed by atoms with van der Waals surface area (Å²) in [4.78, 5) is 0. The van der Waals surface area contributed by atoms with Gasteiger partial charge in [0.15, 0.2) is 0 Å². The van der Waals surface area contributed by atoms with E-state index in [9.17, 15) is 5.26 Å². The fourth-order valence-corrected chi connectivity index (χ4v) is 3.91. The summed E-state index contributed by atoms with van der Waals surface area (Å²) < 4.78 is 2.13. The van der Waals surface area contributed by atoms with Gasteiger partial charge in [-0.1, -0.05) is 71.2 Å². The molecule has 1 heterocycles. The highest BCUT2D eigenvalue weighted by atomic mass is 35.5. The molecule has 1 aromatic heterocycles. The average Bonchev–Trinajstić information content (AvgIpc) is 3.06. The van der Waals surface area contributed by atoms with Crippen molar-refractivity contribution >= 4 is 57.4 Å². The lowest BCUT2D eigenvalue weighted by Gasteiger charge is -2.08. The summed E-state index contributed by atoms with van der Waals surface area (Å²) in [7, 11) is 0. The van der Waals surface area contributed by atoms with Gasteiger partial charge in [-0.3, -0.25) is 0 Å². The fraction of sp³-hybridized carbons (Fsp3) is 0.0417. The topological polar surface area (TPSA) is 28.7 Å². The third kappa shape index (κ3) is 4.18. The molecule has 0 unspecified atom stereocenters. The van der Waals surface area contributed by atoms with E-state index in [0.717, 1.165) is 27.6 Å². The zero-order chi connectivity index (χ0) is 20.4. The molecule has 0 saturated carbocycles. The Morgan fingerprint density at radius 2 is 1.66 bits per heavy atom. The normalized spacial score (nSPS) is 11.6. The monoisotopic (exact) mass is 436 g/mol. The Morgan fingerprint density at radius 1 is 0.931 bits per heavy atom. The highest BCUT2D eigenvalue weighted by Gasteiger charge is 2.11. The van der Waals surface area contributed by atoms with Crippen LogP contribution in [0.4, 0.5) is 0 Å². The molecular formula is C24H15Cl3N2. The molecule has 2 nitrogen and oxygen atoms in total. The van der Waals surface area contributed by atoms with Crippen LogP contribution in [-0.4, -0.2) is 4.57 Å². The molecule has 142 valence electrons. The molecule has 4 aromatic rings. The first-order valence-corrected chi connectivity index (χ1v) is 10.1. The van der Waals surface area contributed by atoms with Gasteiger partial charge >= 0.3 is 0 Å². The molecule has 29 heavy (non-hydrogen) atoms. The summed E-state index contributed by atoms with van der Waals surface area (Å²) in [6, 6.07) is 23.2. The van der Waals surface area contributed by atoms with Crippen LogP contribution < -0.4 is 0 Å². The molecule has 0 aliphatic heterocycles. The molecule has 0 aliphatic carbocycles. The maximum absolute atomic E-state index is 9.70. The minimum atomic E-state index is 0.578. The largest absolute Gasteiger partial charge is 0.342 e. The van der Waals surface area contributed by atoms with Crippen LogP contribution in [-0.2, 0) is 6.54 Å². The van der Waals surface area contributed by atoms with Gasteiger partial charge in [-0.2, -0.15) is 5.26 Å². The molecular weight excluding hydrogens is 423 g/mol. The van der Waals surface area contributed by atoms with Crippen molar-refractivity contribution < 1.29 is 0 Å². The van der Waals surface area contributed by atoms with Crippen molar-refractivity contribution in [1.82, 2.24) is 4.57 Å². The lowest BCUT2D eigenvalue weighted by Crippen LogP contribution is -1.98. The second-order valence-electron chi connectivity index (χ2n) is 6.64. The summed E-state index contributed by atoms with van der Waals surface area (Å²) in [5.74, 6) is 0. The summed E-state index contributed by atoms with van der Waals surface area (Å²) >= 11 is 18.4. The van der Waals surface area contributed by atoms with Gasteiger partial charge < -0.3 is 4.57 Å². The van der Waals surface area contributed by atoms with Crippen molar-refractivity contribution in [2.75, 3.05) is 0 Å². The van der Waals surface area contributed by atoms with Gasteiger partial charge in [0.05, 0.1) is 11.6 Å². The van der Waals surface area contributed by atoms with E-state index in [4.69, 9.17) is 34.8 Å². The van der Waals surface area contributed by atoms with Crippen LogP contribution >= 0.6 is 34.8 Å². The first kappa shape index (κ1) is 19.6. The van der Waals surface area contributed by atoms with Gasteiger partial charge in [0.1, 0.15) is 0 Å². The third-order valence-electron chi connectivity index (χ3n) is 4.75. The molecule has 3 aromatic carbocycles. The van der Waals surface area contributed by atoms with Gasteiger partial charge in [0, 0.05) is 44.3 Å². The molecule has 0 radical (unpaired) electrons. The van der Waals surface area contributed by atoms with Gasteiger partial charge in [-0.05, 0) is 47.5 Å². The van der Waals surface area contributed by atoms with Crippen LogP contribution in [0.25, 0.3) is 22.6 Å². The maximum Gasteiger partial charge on any atom is 0.0998 e. The standard InChI is InChI=1S/C24H15Cl3N2/c25-20-8-5-16(6-9-20)18(13-28)11-19-15-29(24-4-2-1-3-22(19)24)14-17-7-10-21(26)12-23(17)27/h1-12,15H,14H2/b18-11-. The highest BCUT2D eigenvalue weighted by molar-refractivity contribution is 6.35. The smallest absolute Gasteiger partial charge is 0.0998 e. The number of nitrogens with zero attached hydrogens (tertiary/aromatic N) is 2. The summed E-state index contributed by atoms with van der Waals surface area (Å²) in [5.41, 5.74) is 4.42. The van der Waals surface area contributed by atoms with Crippen LogP contribution in [0.5, 0.6) is 0 Å². The minimum Gasteiger partial charge on any atom is -0.342 e. The van der Waals surface area contributed by atoms with Crippen molar-refractivity contribution in [1.29, 1.82) is 5.26 Å². The third-order valence-corrected chi connectivity index (χ3v) is 5.59. The van der Waals surface area contributed by atoms with E-state index in [1.165, 1.54) is 0 Å². The number of fused-ring (bicyclic) bond motifs is 1. The van der Waals surface area contributed by atoms with E-state index in [0.29, 0.717) is 27.2 Å². The summed E-state index contributed by atoms with van der Waals surface area (Å²) in [6.07, 6.45) is 3.95. The van der Waals surface area contributed by atoms with Gasteiger partial charge in [-0.15, -0.1) is 0 Å². The fourth-order valence-electron chi connectivity index (χ4n) is 3.32. The number of rotatable bonds is 4. The van der Waals surface area contributed by atoms with Crippen molar-refractivity contribution in [3.63, 3.8) is 0 Å². The minimum absolute atomic E-state index is 0.578. The van der Waals surface area contributed by atoms with Gasteiger partial charge in [0.25, 0.3) is 0 Å². The number of halogens is 3. The number of hydrogen-bond donors (Lipinski definition) is 0. The Labute approximate surface area is 184 Å². The summed E-state index contributed by atoms with van der Waals surface area (Å²) in [5, 5.41) is 12.7. The van der Waals surface area contributed by atoms with Crippen molar-refractivity contribution in [2.45, 2.75) is 6.54 Å². The molecule has 0 saturated heterocycles. The number of hydrogen-bond acceptors (Lipinski definition) is 1. The Bertz CT molecular complexity index is 1260. The van der Waals surface area contributed by atoms with E-state index in [-0.39, 0.29) is 0 Å². The molecule has 0 spiro atoms. The molecule has 0 N–H and O–H groups in total.